The Morgan fingerprint density at radius 2 is 2.14 bits per heavy atom. The van der Waals surface area contributed by atoms with Crippen molar-refractivity contribution < 1.29 is 0 Å². The first kappa shape index (κ1) is 15.3. The zero-order valence-corrected chi connectivity index (χ0v) is 13.5. The molecule has 0 fully saturated rings. The number of nitrogens with one attached hydrogen (secondary N) is 2. The molecule has 2 N–H and O–H groups in total. The molecule has 0 aliphatic carbocycles. The molecule has 110 valence electrons. The van der Waals surface area contributed by atoms with Gasteiger partial charge in [-0.05, 0) is 48.4 Å². The van der Waals surface area contributed by atoms with Gasteiger partial charge in [-0.15, -0.1) is 0 Å². The van der Waals surface area contributed by atoms with Gasteiger partial charge in [-0.2, -0.15) is 11.3 Å². The van der Waals surface area contributed by atoms with Crippen LogP contribution in [-0.4, -0.2) is 12.8 Å². The topological polar surface area (TPSA) is 36.4 Å². The molecule has 0 saturated heterocycles. The Balaban J connectivity index is 2.03. The molecule has 21 heavy (non-hydrogen) atoms. The van der Waals surface area contributed by atoms with E-state index in [1.165, 1.54) is 5.56 Å². The van der Waals surface area contributed by atoms with Crippen molar-refractivity contribution in [1.82, 2.24) is 5.32 Å². The molecule has 0 bridgehead atoms. The van der Waals surface area contributed by atoms with Crippen LogP contribution < -0.4 is 10.6 Å². The number of anilines is 1. The molecule has 0 aliphatic heterocycles. The second-order valence-electron chi connectivity index (χ2n) is 4.90. The van der Waals surface area contributed by atoms with Crippen LogP contribution in [0.5, 0.6) is 0 Å². The number of aliphatic imine (C=N–C) groups is 1. The molecule has 4 heteroatoms. The molecule has 3 nitrogen and oxygen atoms in total. The van der Waals surface area contributed by atoms with Gasteiger partial charge in [-0.3, -0.25) is 0 Å². The molecule has 1 aromatic heterocycles. The van der Waals surface area contributed by atoms with Crippen molar-refractivity contribution in [3.63, 3.8) is 0 Å². The van der Waals surface area contributed by atoms with Crippen LogP contribution >= 0.6 is 11.3 Å². The van der Waals surface area contributed by atoms with E-state index in [0.717, 1.165) is 17.0 Å². The van der Waals surface area contributed by atoms with Crippen molar-refractivity contribution in [2.45, 2.75) is 19.9 Å². The molecule has 0 radical (unpaired) electrons. The second kappa shape index (κ2) is 7.09. The van der Waals surface area contributed by atoms with Gasteiger partial charge in [-0.1, -0.05) is 18.7 Å². The maximum atomic E-state index is 4.53. The molecule has 0 amide bonds. The SMILES string of the molecule is C=C(/N=C(\C)c1ccsc1)NC(C)c1cccc(NC)c1. The molecule has 2 aromatic rings. The summed E-state index contributed by atoms with van der Waals surface area (Å²) in [6, 6.07) is 10.5. The Morgan fingerprint density at radius 1 is 1.33 bits per heavy atom. The Bertz CT molecular complexity index is 629. The van der Waals surface area contributed by atoms with Crippen molar-refractivity contribution in [3.05, 3.63) is 64.6 Å². The summed E-state index contributed by atoms with van der Waals surface area (Å²) in [4.78, 5) is 4.53. The summed E-state index contributed by atoms with van der Waals surface area (Å²) >= 11 is 1.67. The largest absolute Gasteiger partial charge is 0.388 e. The second-order valence-corrected chi connectivity index (χ2v) is 5.68. The lowest BCUT2D eigenvalue weighted by atomic mass is 10.1. The highest BCUT2D eigenvalue weighted by Crippen LogP contribution is 2.18. The normalized spacial score (nSPS) is 12.8. The number of hydrogen-bond donors (Lipinski definition) is 2. The van der Waals surface area contributed by atoms with Crippen molar-refractivity contribution in [1.29, 1.82) is 0 Å². The Hall–Kier alpha value is -2.07. The number of nitrogens with zero attached hydrogens (tertiary/aromatic N) is 1. The third-order valence-corrected chi connectivity index (χ3v) is 3.98. The van der Waals surface area contributed by atoms with Gasteiger partial charge in [0.15, 0.2) is 0 Å². The summed E-state index contributed by atoms with van der Waals surface area (Å²) in [5, 5.41) is 10.6. The van der Waals surface area contributed by atoms with E-state index in [1.807, 2.05) is 26.1 Å². The van der Waals surface area contributed by atoms with E-state index in [4.69, 9.17) is 0 Å². The van der Waals surface area contributed by atoms with Crippen LogP contribution in [-0.2, 0) is 0 Å². The van der Waals surface area contributed by atoms with Gasteiger partial charge >= 0.3 is 0 Å². The Labute approximate surface area is 130 Å². The fourth-order valence-electron chi connectivity index (χ4n) is 2.07. The quantitative estimate of drug-likeness (QED) is 0.775. The molecule has 0 spiro atoms. The van der Waals surface area contributed by atoms with Crippen LogP contribution in [0.2, 0.25) is 0 Å². The highest BCUT2D eigenvalue weighted by Gasteiger charge is 2.06. The third-order valence-electron chi connectivity index (χ3n) is 3.30. The summed E-state index contributed by atoms with van der Waals surface area (Å²) < 4.78 is 0. The van der Waals surface area contributed by atoms with Gasteiger partial charge in [-0.25, -0.2) is 4.99 Å². The summed E-state index contributed by atoms with van der Waals surface area (Å²) in [5.41, 5.74) is 4.42. The summed E-state index contributed by atoms with van der Waals surface area (Å²) in [7, 11) is 1.92. The fourth-order valence-corrected chi connectivity index (χ4v) is 2.77. The average Bonchev–Trinajstić information content (AvgIpc) is 3.01. The van der Waals surface area contributed by atoms with Crippen LogP contribution in [0, 0.1) is 0 Å². The molecule has 1 heterocycles. The minimum absolute atomic E-state index is 0.157. The standard InChI is InChI=1S/C17H21N3S/c1-12(15-6-5-7-17(10-15)18-4)19-14(3)20-13(2)16-8-9-21-11-16/h5-12,18-19H,3H2,1-2,4H3/b20-13+. The molecule has 1 unspecified atom stereocenters. The fraction of sp³-hybridized carbons (Fsp3) is 0.235. The first-order valence-electron chi connectivity index (χ1n) is 6.91. The van der Waals surface area contributed by atoms with Crippen LogP contribution in [0.15, 0.2) is 58.5 Å². The number of rotatable bonds is 6. The lowest BCUT2D eigenvalue weighted by molar-refractivity contribution is 0.650. The van der Waals surface area contributed by atoms with Gasteiger partial charge in [0.2, 0.25) is 0 Å². The Morgan fingerprint density at radius 3 is 2.81 bits per heavy atom. The van der Waals surface area contributed by atoms with Crippen molar-refractivity contribution >= 4 is 22.7 Å². The smallest absolute Gasteiger partial charge is 0.119 e. The highest BCUT2D eigenvalue weighted by molar-refractivity contribution is 7.08. The maximum Gasteiger partial charge on any atom is 0.119 e. The number of benzene rings is 1. The summed E-state index contributed by atoms with van der Waals surface area (Å²) in [6.45, 7) is 8.11. The average molecular weight is 299 g/mol. The van der Waals surface area contributed by atoms with E-state index >= 15 is 0 Å². The lowest BCUT2D eigenvalue weighted by Crippen LogP contribution is -2.17. The molecular formula is C17H21N3S. The van der Waals surface area contributed by atoms with E-state index in [0.29, 0.717) is 5.82 Å². The van der Waals surface area contributed by atoms with E-state index in [1.54, 1.807) is 11.3 Å². The molecule has 1 atom stereocenters. The van der Waals surface area contributed by atoms with Crippen molar-refractivity contribution in [2.75, 3.05) is 12.4 Å². The van der Waals surface area contributed by atoms with Crippen LogP contribution in [0.1, 0.15) is 31.0 Å². The van der Waals surface area contributed by atoms with Gasteiger partial charge in [0.1, 0.15) is 5.82 Å². The minimum atomic E-state index is 0.157. The molecule has 1 aromatic carbocycles. The van der Waals surface area contributed by atoms with Crippen molar-refractivity contribution in [2.24, 2.45) is 4.99 Å². The van der Waals surface area contributed by atoms with E-state index in [2.05, 4.69) is 58.1 Å². The third kappa shape index (κ3) is 4.20. The zero-order chi connectivity index (χ0) is 15.2. The van der Waals surface area contributed by atoms with Crippen LogP contribution in [0.3, 0.4) is 0 Å². The predicted octanol–water partition coefficient (Wildman–Crippen LogP) is 4.42. The van der Waals surface area contributed by atoms with Gasteiger partial charge < -0.3 is 10.6 Å². The molecule has 0 saturated carbocycles. The number of hydrogen-bond acceptors (Lipinski definition) is 4. The van der Waals surface area contributed by atoms with E-state index in [-0.39, 0.29) is 6.04 Å². The highest BCUT2D eigenvalue weighted by atomic mass is 32.1. The van der Waals surface area contributed by atoms with Crippen LogP contribution in [0.4, 0.5) is 5.69 Å². The zero-order valence-electron chi connectivity index (χ0n) is 12.7. The first-order chi connectivity index (χ1) is 10.1. The van der Waals surface area contributed by atoms with Gasteiger partial charge in [0.25, 0.3) is 0 Å². The predicted molar refractivity (Wildman–Crippen MR) is 93.2 cm³/mol. The molecular weight excluding hydrogens is 278 g/mol. The van der Waals surface area contributed by atoms with E-state index < -0.39 is 0 Å². The maximum absolute atomic E-state index is 4.53. The van der Waals surface area contributed by atoms with Crippen LogP contribution in [0.25, 0.3) is 0 Å². The molecule has 2 rings (SSSR count). The summed E-state index contributed by atoms with van der Waals surface area (Å²) in [5.74, 6) is 0.682. The summed E-state index contributed by atoms with van der Waals surface area (Å²) in [6.07, 6.45) is 0. The van der Waals surface area contributed by atoms with Crippen molar-refractivity contribution in [3.8, 4) is 0 Å². The van der Waals surface area contributed by atoms with Gasteiger partial charge in [0, 0.05) is 30.1 Å². The van der Waals surface area contributed by atoms with E-state index in [9.17, 15) is 0 Å². The van der Waals surface area contributed by atoms with Gasteiger partial charge in [0.05, 0.1) is 0 Å². The monoisotopic (exact) mass is 299 g/mol. The number of thiophene rings is 1. The first-order valence-corrected chi connectivity index (χ1v) is 7.85. The molecule has 0 aliphatic rings. The minimum Gasteiger partial charge on any atom is -0.388 e. The lowest BCUT2D eigenvalue weighted by Gasteiger charge is -2.16. The Kier molecular flexibility index (Phi) is 5.17.